The molecule has 3 fully saturated rings. The first kappa shape index (κ1) is 33.6. The van der Waals surface area contributed by atoms with Crippen LogP contribution in [0.5, 0.6) is 0 Å². The molecule has 4 aliphatic rings. The van der Waals surface area contributed by atoms with Gasteiger partial charge in [-0.15, -0.1) is 0 Å². The van der Waals surface area contributed by atoms with Crippen molar-refractivity contribution in [1.29, 1.82) is 0 Å². The van der Waals surface area contributed by atoms with E-state index in [0.29, 0.717) is 18.5 Å². The van der Waals surface area contributed by atoms with E-state index in [9.17, 15) is 24.0 Å². The van der Waals surface area contributed by atoms with E-state index in [1.54, 1.807) is 33.7 Å². The minimum absolute atomic E-state index is 0.173. The van der Waals surface area contributed by atoms with Crippen LogP contribution >= 0.6 is 0 Å². The summed E-state index contributed by atoms with van der Waals surface area (Å²) in [5, 5.41) is 3.90. The van der Waals surface area contributed by atoms with Crippen molar-refractivity contribution in [3.8, 4) is 0 Å². The van der Waals surface area contributed by atoms with Crippen LogP contribution in [-0.4, -0.2) is 93.7 Å². The molecule has 5 heterocycles. The molecule has 0 aliphatic carbocycles. The third-order valence-electron chi connectivity index (χ3n) is 12.1. The minimum Gasteiger partial charge on any atom is -0.342 e. The summed E-state index contributed by atoms with van der Waals surface area (Å²) >= 11 is 0. The summed E-state index contributed by atoms with van der Waals surface area (Å²) < 4.78 is 2.12. The van der Waals surface area contributed by atoms with E-state index in [1.165, 1.54) is 0 Å². The third-order valence-corrected chi connectivity index (χ3v) is 12.1. The molecule has 0 bridgehead atoms. The average molecular weight is 721 g/mol. The summed E-state index contributed by atoms with van der Waals surface area (Å²) in [5.41, 5.74) is 4.03. The van der Waals surface area contributed by atoms with Gasteiger partial charge in [0.2, 0.25) is 30.0 Å². The van der Waals surface area contributed by atoms with Gasteiger partial charge in [0.25, 0.3) is 0 Å². The Morgan fingerprint density at radius 1 is 0.704 bits per heavy atom. The molecule has 1 aromatic heterocycles. The van der Waals surface area contributed by atoms with Crippen LogP contribution in [0.15, 0.2) is 115 Å². The fourth-order valence-corrected chi connectivity index (χ4v) is 9.52. The highest BCUT2D eigenvalue weighted by Crippen LogP contribution is 2.57. The largest absolute Gasteiger partial charge is 0.342 e. The topological polar surface area (TPSA) is 115 Å². The van der Waals surface area contributed by atoms with Crippen LogP contribution in [0, 0.1) is 0 Å². The first-order valence-corrected chi connectivity index (χ1v) is 18.4. The molecular weight excluding hydrogens is 681 g/mol. The molecule has 11 nitrogen and oxygen atoms in total. The Balaban J connectivity index is 1.13. The van der Waals surface area contributed by atoms with E-state index in [2.05, 4.69) is 9.88 Å². The van der Waals surface area contributed by atoms with Gasteiger partial charge in [-0.2, -0.15) is 0 Å². The molecule has 0 spiro atoms. The number of benzene rings is 4. The quantitative estimate of drug-likeness (QED) is 0.247. The van der Waals surface area contributed by atoms with Crippen LogP contribution in [0.3, 0.4) is 0 Å². The number of rotatable bonds is 8. The maximum atomic E-state index is 14.8. The van der Waals surface area contributed by atoms with Crippen LogP contribution < -0.4 is 10.2 Å². The fraction of sp³-hybridized carbons (Fsp3) is 0.279. The summed E-state index contributed by atoms with van der Waals surface area (Å²) in [6.45, 7) is 0. The van der Waals surface area contributed by atoms with Crippen LogP contribution in [0.1, 0.15) is 28.7 Å². The van der Waals surface area contributed by atoms with Crippen LogP contribution in [0.4, 0.5) is 5.69 Å². The second-order valence-corrected chi connectivity index (χ2v) is 14.9. The molecule has 54 heavy (non-hydrogen) atoms. The lowest BCUT2D eigenvalue weighted by atomic mass is 9.86. The molecule has 6 atom stereocenters. The molecule has 5 aromatic rings. The molecule has 0 radical (unpaired) electrons. The van der Waals surface area contributed by atoms with E-state index >= 15 is 0 Å². The number of anilines is 1. The van der Waals surface area contributed by atoms with Crippen molar-refractivity contribution in [3.63, 3.8) is 0 Å². The van der Waals surface area contributed by atoms with Gasteiger partial charge in [-0.3, -0.25) is 28.9 Å². The molecule has 3 saturated heterocycles. The predicted molar refractivity (Wildman–Crippen MR) is 202 cm³/mol. The van der Waals surface area contributed by atoms with Crippen molar-refractivity contribution in [2.45, 2.75) is 61.6 Å². The molecule has 1 N–H and O–H groups in total. The van der Waals surface area contributed by atoms with Crippen molar-refractivity contribution < 1.29 is 24.0 Å². The maximum Gasteiger partial charge on any atom is 0.248 e. The lowest BCUT2D eigenvalue weighted by Crippen LogP contribution is -2.66. The van der Waals surface area contributed by atoms with Gasteiger partial charge in [-0.25, -0.2) is 0 Å². The highest BCUT2D eigenvalue weighted by molar-refractivity contribution is 6.01. The summed E-state index contributed by atoms with van der Waals surface area (Å²) in [6.07, 6.45) is 3.16. The first-order valence-electron chi connectivity index (χ1n) is 18.4. The number of hydrogen-bond acceptors (Lipinski definition) is 5. The molecule has 11 heteroatoms. The zero-order chi connectivity index (χ0) is 37.3. The van der Waals surface area contributed by atoms with E-state index in [-0.39, 0.29) is 36.5 Å². The van der Waals surface area contributed by atoms with Crippen LogP contribution in [0.25, 0.3) is 10.9 Å². The Kier molecular flexibility index (Phi) is 7.91. The number of fused-ring (bicyclic) bond motifs is 6. The molecule has 272 valence electrons. The predicted octanol–water partition coefficient (Wildman–Crippen LogP) is 3.48. The maximum absolute atomic E-state index is 14.8. The molecular formula is C43H40N6O5. The van der Waals surface area contributed by atoms with Crippen LogP contribution in [0.2, 0.25) is 0 Å². The number of carbonyl (C=O) groups is 5. The highest BCUT2D eigenvalue weighted by Gasteiger charge is 2.67. The number of nitrogens with one attached hydrogen (secondary N) is 1. The van der Waals surface area contributed by atoms with Gasteiger partial charge in [0, 0.05) is 62.4 Å². The number of likely N-dealkylation sites (N-methyl/N-ethyl adjacent to an activating group) is 2. The number of nitrogens with zero attached hydrogens (tertiary/aromatic N) is 5. The normalized spacial score (nSPS) is 26.2. The first-order chi connectivity index (χ1) is 26.2. The molecule has 4 aromatic carbocycles. The van der Waals surface area contributed by atoms with E-state index in [4.69, 9.17) is 0 Å². The molecule has 4 aliphatic heterocycles. The monoisotopic (exact) mass is 720 g/mol. The number of aromatic nitrogens is 1. The number of piperazine rings is 2. The van der Waals surface area contributed by atoms with Crippen molar-refractivity contribution >= 4 is 46.6 Å². The summed E-state index contributed by atoms with van der Waals surface area (Å²) in [5.74, 6) is -0.771. The van der Waals surface area contributed by atoms with E-state index in [1.807, 2.05) is 115 Å². The van der Waals surface area contributed by atoms with E-state index < -0.39 is 35.9 Å². The summed E-state index contributed by atoms with van der Waals surface area (Å²) in [4.78, 5) is 76.1. The lowest BCUT2D eigenvalue weighted by Gasteiger charge is -2.44. The standard InChI is InChI=1S/C43H40N6O5/c1-45-35(21-27-13-5-3-6-14-27)38(51)44-32(39(45)52)23-29-25-48(33-19-11-9-17-30(29)33)43-24-37-40(53)46(2)36(22-28-15-7-4-8-16-28)41(54)49(37)42(43)47(26-50)34-20-12-10-18-31(34)43/h3-20,25-26,32,35-37,42H,21-24H2,1-2H3,(H,44,51)/t32-,35+,36+,37-,42-,43+/m0/s1. The van der Waals surface area contributed by atoms with Crippen molar-refractivity contribution in [2.24, 2.45) is 0 Å². The van der Waals surface area contributed by atoms with Gasteiger partial charge < -0.3 is 24.6 Å². The fourth-order valence-electron chi connectivity index (χ4n) is 9.52. The van der Waals surface area contributed by atoms with Crippen molar-refractivity contribution in [1.82, 2.24) is 24.6 Å². The number of amides is 5. The van der Waals surface area contributed by atoms with Crippen molar-refractivity contribution in [3.05, 3.63) is 138 Å². The Hall–Kier alpha value is -6.23. The van der Waals surface area contributed by atoms with Gasteiger partial charge in [0.05, 0.1) is 5.69 Å². The Labute approximate surface area is 312 Å². The highest BCUT2D eigenvalue weighted by atomic mass is 16.2. The lowest BCUT2D eigenvalue weighted by molar-refractivity contribution is -0.159. The zero-order valence-electron chi connectivity index (χ0n) is 30.0. The van der Waals surface area contributed by atoms with Crippen LogP contribution in [-0.2, 0) is 48.8 Å². The summed E-state index contributed by atoms with van der Waals surface area (Å²) in [6, 6.07) is 31.8. The number of para-hydroxylation sites is 2. The minimum atomic E-state index is -1.04. The van der Waals surface area contributed by atoms with Gasteiger partial charge in [0.15, 0.2) is 0 Å². The second-order valence-electron chi connectivity index (χ2n) is 14.9. The molecule has 9 rings (SSSR count). The van der Waals surface area contributed by atoms with Gasteiger partial charge in [-0.1, -0.05) is 97.1 Å². The second kappa shape index (κ2) is 12.7. The number of carbonyl (C=O) groups excluding carboxylic acids is 5. The Morgan fingerprint density at radius 2 is 1.31 bits per heavy atom. The number of hydrogen-bond donors (Lipinski definition) is 1. The Morgan fingerprint density at radius 3 is 2.02 bits per heavy atom. The third kappa shape index (κ3) is 4.90. The van der Waals surface area contributed by atoms with Gasteiger partial charge in [0.1, 0.15) is 35.9 Å². The SMILES string of the molecule is CN1C(=O)[C@H](Cc2cn([C@@]34C[C@H]5C(=O)N(C)[C@H](Cc6ccccc6)C(=O)N5[C@@H]3N(C=O)c3ccccc34)c3ccccc23)NC(=O)[C@H]1Cc1ccccc1. The molecule has 5 amide bonds. The average Bonchev–Trinajstić information content (AvgIpc) is 3.83. The van der Waals surface area contributed by atoms with E-state index in [0.717, 1.165) is 39.6 Å². The zero-order valence-corrected chi connectivity index (χ0v) is 30.0. The molecule has 0 saturated carbocycles. The van der Waals surface area contributed by atoms with Gasteiger partial charge >= 0.3 is 0 Å². The molecule has 0 unspecified atom stereocenters. The smallest absolute Gasteiger partial charge is 0.248 e. The Bertz CT molecular complexity index is 2330. The van der Waals surface area contributed by atoms with Gasteiger partial charge in [-0.05, 0) is 28.8 Å². The van der Waals surface area contributed by atoms with Crippen molar-refractivity contribution in [2.75, 3.05) is 19.0 Å². The summed E-state index contributed by atoms with van der Waals surface area (Å²) in [7, 11) is 3.38.